The van der Waals surface area contributed by atoms with Gasteiger partial charge in [0.15, 0.2) is 26.3 Å². The van der Waals surface area contributed by atoms with Gasteiger partial charge >= 0.3 is 0 Å². The lowest BCUT2D eigenvalue weighted by molar-refractivity contribution is -0.0961. The van der Waals surface area contributed by atoms with Crippen molar-refractivity contribution in [2.24, 2.45) is 5.41 Å². The first kappa shape index (κ1) is 20.0. The van der Waals surface area contributed by atoms with Crippen molar-refractivity contribution in [3.63, 3.8) is 0 Å². The lowest BCUT2D eigenvalue weighted by atomic mass is 9.64. The molecule has 0 N–H and O–H groups in total. The fraction of sp³-hybridized carbons (Fsp3) is 0.308. The molecule has 0 aliphatic heterocycles. The smallest absolute Gasteiger partial charge is 0.170 e. The van der Waals surface area contributed by atoms with Crippen LogP contribution in [0.5, 0.6) is 5.75 Å². The maximum atomic E-state index is 15.2. The molecule has 4 rings (SSSR count). The van der Waals surface area contributed by atoms with Crippen LogP contribution in [0, 0.1) is 11.2 Å². The standard InChI is InChI=1S/C26H28FOS/c1-25(2,3)26(17-10-18-26)28-24-16-15-22(19-23(24)27)29(20-11-6-4-7-12-20)21-13-8-5-9-14-21/h4-9,11-16,19H,10,17-18H2,1-3H3/q+1. The van der Waals surface area contributed by atoms with Gasteiger partial charge < -0.3 is 4.74 Å². The lowest BCUT2D eigenvalue weighted by Crippen LogP contribution is -2.53. The summed E-state index contributed by atoms with van der Waals surface area (Å²) in [5, 5.41) is 0. The Bertz CT molecular complexity index is 920. The van der Waals surface area contributed by atoms with Crippen molar-refractivity contribution in [1.82, 2.24) is 0 Å². The fourth-order valence-electron chi connectivity index (χ4n) is 3.93. The molecule has 0 radical (unpaired) electrons. The third-order valence-corrected chi connectivity index (χ3v) is 8.14. The summed E-state index contributed by atoms with van der Waals surface area (Å²) in [6.07, 6.45) is 3.11. The van der Waals surface area contributed by atoms with E-state index in [2.05, 4.69) is 45.0 Å². The molecular formula is C26H28FOS+. The van der Waals surface area contributed by atoms with Crippen LogP contribution in [0.15, 0.2) is 93.5 Å². The molecule has 0 aromatic heterocycles. The van der Waals surface area contributed by atoms with Crippen molar-refractivity contribution in [3.8, 4) is 5.75 Å². The average molecular weight is 408 g/mol. The van der Waals surface area contributed by atoms with Gasteiger partial charge in [-0.05, 0) is 55.7 Å². The van der Waals surface area contributed by atoms with Gasteiger partial charge in [0.25, 0.3) is 0 Å². The first-order valence-corrected chi connectivity index (χ1v) is 11.5. The summed E-state index contributed by atoms with van der Waals surface area (Å²) in [4.78, 5) is 3.32. The van der Waals surface area contributed by atoms with E-state index in [1.54, 1.807) is 6.07 Å². The topological polar surface area (TPSA) is 9.23 Å². The molecule has 1 nitrogen and oxygen atoms in total. The van der Waals surface area contributed by atoms with E-state index in [1.807, 2.05) is 48.5 Å². The Balaban J connectivity index is 1.70. The van der Waals surface area contributed by atoms with Crippen molar-refractivity contribution in [2.75, 3.05) is 0 Å². The Kier molecular flexibility index (Phi) is 5.44. The summed E-state index contributed by atoms with van der Waals surface area (Å²) in [5.41, 5.74) is -0.287. The summed E-state index contributed by atoms with van der Waals surface area (Å²) in [7, 11) is -0.357. The van der Waals surface area contributed by atoms with E-state index in [1.165, 1.54) is 9.79 Å². The molecule has 150 valence electrons. The van der Waals surface area contributed by atoms with Crippen molar-refractivity contribution in [1.29, 1.82) is 0 Å². The van der Waals surface area contributed by atoms with Crippen molar-refractivity contribution in [2.45, 2.75) is 60.3 Å². The van der Waals surface area contributed by atoms with Crippen LogP contribution in [0.25, 0.3) is 0 Å². The number of rotatable bonds is 5. The van der Waals surface area contributed by atoms with Gasteiger partial charge in [-0.1, -0.05) is 57.2 Å². The molecule has 0 heterocycles. The monoisotopic (exact) mass is 407 g/mol. The van der Waals surface area contributed by atoms with E-state index in [0.29, 0.717) is 5.75 Å². The van der Waals surface area contributed by atoms with Crippen molar-refractivity contribution >= 4 is 10.9 Å². The second-order valence-corrected chi connectivity index (χ2v) is 10.8. The molecule has 3 aromatic rings. The lowest BCUT2D eigenvalue weighted by Gasteiger charge is -2.51. The zero-order valence-electron chi connectivity index (χ0n) is 17.3. The quantitative estimate of drug-likeness (QED) is 0.404. The molecule has 1 aliphatic carbocycles. The highest BCUT2D eigenvalue weighted by atomic mass is 32.2. The highest BCUT2D eigenvalue weighted by Gasteiger charge is 2.49. The average Bonchev–Trinajstić information content (AvgIpc) is 2.67. The van der Waals surface area contributed by atoms with Crippen LogP contribution < -0.4 is 4.74 Å². The SMILES string of the molecule is CC(C)(C)C1(Oc2ccc([S+](c3ccccc3)c3ccccc3)cc2F)CCC1. The predicted molar refractivity (Wildman–Crippen MR) is 118 cm³/mol. The van der Waals surface area contributed by atoms with E-state index in [4.69, 9.17) is 4.74 Å². The zero-order valence-corrected chi connectivity index (χ0v) is 18.1. The summed E-state index contributed by atoms with van der Waals surface area (Å²) in [6.45, 7) is 6.54. The maximum Gasteiger partial charge on any atom is 0.170 e. The third-order valence-electron chi connectivity index (χ3n) is 5.93. The first-order valence-electron chi connectivity index (χ1n) is 10.2. The summed E-state index contributed by atoms with van der Waals surface area (Å²) in [6, 6.07) is 26.1. The van der Waals surface area contributed by atoms with Gasteiger partial charge in [-0.15, -0.1) is 0 Å². The minimum atomic E-state index is -0.357. The van der Waals surface area contributed by atoms with Gasteiger partial charge in [0.05, 0.1) is 10.9 Å². The minimum absolute atomic E-state index is 0.0191. The third kappa shape index (κ3) is 3.93. The molecule has 0 unspecified atom stereocenters. The Labute approximate surface area is 176 Å². The van der Waals surface area contributed by atoms with Crippen LogP contribution in [0.3, 0.4) is 0 Å². The van der Waals surface area contributed by atoms with Gasteiger partial charge in [-0.2, -0.15) is 0 Å². The fourth-order valence-corrected chi connectivity index (χ4v) is 6.03. The normalized spacial score (nSPS) is 15.8. The molecule has 0 saturated heterocycles. The highest BCUT2D eigenvalue weighted by molar-refractivity contribution is 7.97. The van der Waals surface area contributed by atoms with Gasteiger partial charge in [-0.3, -0.25) is 0 Å². The zero-order chi connectivity index (χ0) is 20.5. The summed E-state index contributed by atoms with van der Waals surface area (Å²) in [5.74, 6) is 0.0930. The molecule has 0 atom stereocenters. The highest BCUT2D eigenvalue weighted by Crippen LogP contribution is 2.49. The molecule has 1 fully saturated rings. The Morgan fingerprint density at radius 2 is 1.34 bits per heavy atom. The van der Waals surface area contributed by atoms with E-state index >= 15 is 4.39 Å². The number of hydrogen-bond acceptors (Lipinski definition) is 1. The van der Waals surface area contributed by atoms with Gasteiger partial charge in [0.1, 0.15) is 5.60 Å². The summed E-state index contributed by atoms with van der Waals surface area (Å²) < 4.78 is 21.5. The second-order valence-electron chi connectivity index (χ2n) is 8.72. The van der Waals surface area contributed by atoms with E-state index < -0.39 is 0 Å². The van der Waals surface area contributed by atoms with Crippen LogP contribution in [-0.2, 0) is 10.9 Å². The molecule has 3 heteroatoms. The predicted octanol–water partition coefficient (Wildman–Crippen LogP) is 7.27. The van der Waals surface area contributed by atoms with Gasteiger partial charge in [0, 0.05) is 11.5 Å². The second kappa shape index (κ2) is 7.87. The van der Waals surface area contributed by atoms with Crippen LogP contribution in [0.4, 0.5) is 4.39 Å². The molecule has 0 spiro atoms. The van der Waals surface area contributed by atoms with Gasteiger partial charge in [-0.25, -0.2) is 4.39 Å². The number of ether oxygens (including phenoxy) is 1. The van der Waals surface area contributed by atoms with Crippen LogP contribution >= 0.6 is 0 Å². The number of benzene rings is 3. The molecule has 0 amide bonds. The molecular weight excluding hydrogens is 379 g/mol. The van der Waals surface area contributed by atoms with E-state index in [9.17, 15) is 0 Å². The Hall–Kier alpha value is -2.26. The molecule has 0 bridgehead atoms. The molecule has 1 saturated carbocycles. The number of hydrogen-bond donors (Lipinski definition) is 0. The molecule has 3 aromatic carbocycles. The van der Waals surface area contributed by atoms with Crippen LogP contribution in [-0.4, -0.2) is 5.60 Å². The first-order chi connectivity index (χ1) is 13.9. The van der Waals surface area contributed by atoms with Crippen LogP contribution in [0.2, 0.25) is 0 Å². The summed E-state index contributed by atoms with van der Waals surface area (Å²) >= 11 is 0. The molecule has 1 aliphatic rings. The largest absolute Gasteiger partial charge is 0.484 e. The number of halogens is 1. The van der Waals surface area contributed by atoms with Crippen molar-refractivity contribution in [3.05, 3.63) is 84.7 Å². The Morgan fingerprint density at radius 3 is 1.76 bits per heavy atom. The van der Waals surface area contributed by atoms with E-state index in [0.717, 1.165) is 24.2 Å². The maximum absolute atomic E-state index is 15.2. The van der Waals surface area contributed by atoms with E-state index in [-0.39, 0.29) is 27.7 Å². The van der Waals surface area contributed by atoms with Crippen molar-refractivity contribution < 1.29 is 9.13 Å². The minimum Gasteiger partial charge on any atom is -0.484 e. The molecule has 29 heavy (non-hydrogen) atoms. The Morgan fingerprint density at radius 1 is 0.793 bits per heavy atom. The van der Waals surface area contributed by atoms with Crippen LogP contribution in [0.1, 0.15) is 40.0 Å². The van der Waals surface area contributed by atoms with Gasteiger partial charge in [0.2, 0.25) is 0 Å².